The fraction of sp³-hybridized carbons (Fsp3) is 0.600. The summed E-state index contributed by atoms with van der Waals surface area (Å²) in [4.78, 5) is 15.1. The van der Waals surface area contributed by atoms with Gasteiger partial charge in [0.25, 0.3) is 0 Å². The quantitative estimate of drug-likeness (QED) is 0.285. The van der Waals surface area contributed by atoms with Crippen LogP contribution in [0.15, 0.2) is 17.1 Å². The number of ether oxygens (including phenoxy) is 1. The first-order chi connectivity index (χ1) is 9.64. The molecule has 0 aliphatic carbocycles. The molecule has 11 heteroatoms. The third-order valence-electron chi connectivity index (χ3n) is 3.43. The van der Waals surface area contributed by atoms with E-state index in [9.17, 15) is 24.5 Å². The molecule has 0 aromatic carbocycles. The van der Waals surface area contributed by atoms with E-state index in [0.717, 1.165) is 6.20 Å². The Morgan fingerprint density at radius 3 is 2.67 bits per heavy atom. The zero-order chi connectivity index (χ0) is 16.0. The van der Waals surface area contributed by atoms with E-state index >= 15 is 0 Å². The highest BCUT2D eigenvalue weighted by atomic mass is 19.1. The number of alkyl halides is 1. The Balaban J connectivity index is 2.47. The molecule has 7 N–H and O–H groups in total. The maximum absolute atomic E-state index is 14.2. The van der Waals surface area contributed by atoms with Crippen LogP contribution >= 0.6 is 0 Å². The van der Waals surface area contributed by atoms with Crippen molar-refractivity contribution in [1.29, 1.82) is 0 Å². The number of rotatable bonds is 3. The Labute approximate surface area is 119 Å². The average molecular weight is 300 g/mol. The molecule has 9 nitrogen and oxygen atoms in total. The summed E-state index contributed by atoms with van der Waals surface area (Å²) in [6.07, 6.45) is -4.86. The van der Waals surface area contributed by atoms with Gasteiger partial charge in [0.2, 0.25) is 0 Å². The van der Waals surface area contributed by atoms with Crippen LogP contribution in [0.25, 0.3) is 0 Å². The molecule has 1 aliphatic rings. The highest BCUT2D eigenvalue weighted by Gasteiger charge is 2.63. The van der Waals surface area contributed by atoms with Crippen LogP contribution in [0.3, 0.4) is 0 Å². The molecule has 0 amide bonds. The molecule has 1 fully saturated rings. The second kappa shape index (κ2) is 5.03. The van der Waals surface area contributed by atoms with Crippen LogP contribution in [-0.2, 0) is 4.74 Å². The summed E-state index contributed by atoms with van der Waals surface area (Å²) in [5.41, 5.74) is 4.18. The SMILES string of the molecule is [B]C(O)(O)[C@@]1(CN)O[C@@H](n2ccc(N)nc2=O)[C@H](F)[C@@H]1O. The monoisotopic (exact) mass is 300 g/mol. The molecule has 4 atom stereocenters. The molecule has 114 valence electrons. The van der Waals surface area contributed by atoms with Crippen LogP contribution in [0.1, 0.15) is 6.23 Å². The number of nitrogens with two attached hydrogens (primary N) is 2. The van der Waals surface area contributed by atoms with Crippen molar-refractivity contribution in [3.63, 3.8) is 0 Å². The Bertz CT molecular complexity index is 594. The van der Waals surface area contributed by atoms with Crippen molar-refractivity contribution < 1.29 is 24.4 Å². The maximum Gasteiger partial charge on any atom is 0.351 e. The van der Waals surface area contributed by atoms with Crippen molar-refractivity contribution in [3.8, 4) is 0 Å². The number of aromatic nitrogens is 2. The second-order valence-corrected chi connectivity index (χ2v) is 4.76. The van der Waals surface area contributed by atoms with Gasteiger partial charge in [-0.3, -0.25) is 4.57 Å². The van der Waals surface area contributed by atoms with Crippen LogP contribution in [0.2, 0.25) is 0 Å². The number of hydrogen-bond acceptors (Lipinski definition) is 8. The smallest absolute Gasteiger partial charge is 0.351 e. The Morgan fingerprint density at radius 2 is 2.24 bits per heavy atom. The standard InChI is InChI=1S/C10H14BFN4O5/c11-10(19,20)9(3-13)6(17)5(12)7(21-9)16-2-1-4(14)15-8(16)18/h1-2,5-7,17,19-20H,3,13H2,(H2,14,15,18)/t5-,6+,7-,9+/m1/s1. The summed E-state index contributed by atoms with van der Waals surface area (Å²) in [7, 11) is 5.10. The number of anilines is 1. The lowest BCUT2D eigenvalue weighted by Crippen LogP contribution is -2.65. The first-order valence-electron chi connectivity index (χ1n) is 5.92. The lowest BCUT2D eigenvalue weighted by atomic mass is 9.75. The third kappa shape index (κ3) is 2.32. The predicted molar refractivity (Wildman–Crippen MR) is 68.6 cm³/mol. The van der Waals surface area contributed by atoms with Gasteiger partial charge >= 0.3 is 5.69 Å². The number of aliphatic hydroxyl groups excluding tert-OH is 1. The van der Waals surface area contributed by atoms with Gasteiger partial charge in [0.15, 0.2) is 25.8 Å². The van der Waals surface area contributed by atoms with Crippen LogP contribution in [0.5, 0.6) is 0 Å². The molecule has 0 unspecified atom stereocenters. The van der Waals surface area contributed by atoms with Gasteiger partial charge < -0.3 is 31.5 Å². The van der Waals surface area contributed by atoms with Gasteiger partial charge in [-0.05, 0) is 6.07 Å². The molecule has 2 rings (SSSR count). The van der Waals surface area contributed by atoms with Crippen LogP contribution in [-0.4, -0.2) is 62.8 Å². The summed E-state index contributed by atoms with van der Waals surface area (Å²) < 4.78 is 20.0. The molecule has 1 aromatic rings. The second-order valence-electron chi connectivity index (χ2n) is 4.76. The van der Waals surface area contributed by atoms with Crippen LogP contribution < -0.4 is 17.2 Å². The summed E-state index contributed by atoms with van der Waals surface area (Å²) in [6.45, 7) is -0.703. The molecular weight excluding hydrogens is 286 g/mol. The van der Waals surface area contributed by atoms with E-state index in [2.05, 4.69) is 4.98 Å². The fourth-order valence-electron chi connectivity index (χ4n) is 2.22. The molecule has 0 spiro atoms. The molecule has 2 heterocycles. The Hall–Kier alpha value is -1.53. The van der Waals surface area contributed by atoms with Crippen molar-refractivity contribution in [1.82, 2.24) is 9.55 Å². The molecule has 2 radical (unpaired) electrons. The van der Waals surface area contributed by atoms with E-state index in [1.54, 1.807) is 0 Å². The molecule has 1 saturated heterocycles. The van der Waals surface area contributed by atoms with E-state index in [1.807, 2.05) is 0 Å². The molecular formula is C10H14BFN4O5. The van der Waals surface area contributed by atoms with Gasteiger partial charge in [-0.2, -0.15) is 4.98 Å². The minimum atomic E-state index is -3.12. The summed E-state index contributed by atoms with van der Waals surface area (Å²) in [5, 5.41) is 28.9. The number of aliphatic hydroxyl groups is 3. The highest BCUT2D eigenvalue weighted by Crippen LogP contribution is 2.42. The molecule has 1 aromatic heterocycles. The van der Waals surface area contributed by atoms with E-state index in [1.165, 1.54) is 6.07 Å². The van der Waals surface area contributed by atoms with Crippen LogP contribution in [0, 0.1) is 0 Å². The highest BCUT2D eigenvalue weighted by molar-refractivity contribution is 6.14. The zero-order valence-electron chi connectivity index (χ0n) is 10.8. The van der Waals surface area contributed by atoms with Crippen molar-refractivity contribution in [2.75, 3.05) is 12.3 Å². The lowest BCUT2D eigenvalue weighted by molar-refractivity contribution is -0.256. The summed E-state index contributed by atoms with van der Waals surface area (Å²) >= 11 is 0. The Kier molecular flexibility index (Phi) is 3.80. The average Bonchev–Trinajstić information content (AvgIpc) is 2.63. The summed E-state index contributed by atoms with van der Waals surface area (Å²) in [6, 6.07) is 1.21. The van der Waals surface area contributed by atoms with Gasteiger partial charge in [-0.1, -0.05) is 0 Å². The topological polar surface area (TPSA) is 157 Å². The van der Waals surface area contributed by atoms with Gasteiger partial charge in [0.05, 0.1) is 0 Å². The molecule has 1 aliphatic heterocycles. The maximum atomic E-state index is 14.2. The van der Waals surface area contributed by atoms with Crippen molar-refractivity contribution in [2.45, 2.75) is 29.8 Å². The van der Waals surface area contributed by atoms with Gasteiger partial charge in [0.1, 0.15) is 17.6 Å². The van der Waals surface area contributed by atoms with Crippen LogP contribution in [0.4, 0.5) is 10.2 Å². The third-order valence-corrected chi connectivity index (χ3v) is 3.43. The Morgan fingerprint density at radius 1 is 1.62 bits per heavy atom. The van der Waals surface area contributed by atoms with E-state index < -0.39 is 42.0 Å². The summed E-state index contributed by atoms with van der Waals surface area (Å²) in [5.74, 6) is -0.0900. The van der Waals surface area contributed by atoms with Gasteiger partial charge in [-0.25, -0.2) is 9.18 Å². The lowest BCUT2D eigenvalue weighted by Gasteiger charge is -2.39. The normalized spacial score (nSPS) is 33.3. The minimum absolute atomic E-state index is 0.0900. The number of hydrogen-bond donors (Lipinski definition) is 5. The number of halogens is 1. The first-order valence-corrected chi connectivity index (χ1v) is 5.92. The van der Waals surface area contributed by atoms with E-state index in [4.69, 9.17) is 24.1 Å². The minimum Gasteiger partial charge on any atom is -0.387 e. The van der Waals surface area contributed by atoms with Crippen molar-refractivity contribution in [3.05, 3.63) is 22.7 Å². The van der Waals surface area contributed by atoms with Crippen molar-refractivity contribution >= 4 is 13.7 Å². The van der Waals surface area contributed by atoms with E-state index in [-0.39, 0.29) is 5.82 Å². The van der Waals surface area contributed by atoms with Gasteiger partial charge in [0, 0.05) is 12.7 Å². The molecule has 0 bridgehead atoms. The fourth-order valence-corrected chi connectivity index (χ4v) is 2.22. The van der Waals surface area contributed by atoms with Crippen molar-refractivity contribution in [2.24, 2.45) is 5.73 Å². The zero-order valence-corrected chi connectivity index (χ0v) is 10.8. The predicted octanol–water partition coefficient (Wildman–Crippen LogP) is -3.44. The first kappa shape index (κ1) is 15.9. The number of nitrogens with zero attached hydrogens (tertiary/aromatic N) is 2. The molecule has 21 heavy (non-hydrogen) atoms. The van der Waals surface area contributed by atoms with E-state index in [0.29, 0.717) is 4.57 Å². The largest absolute Gasteiger partial charge is 0.387 e. The molecule has 0 saturated carbocycles. The van der Waals surface area contributed by atoms with Gasteiger partial charge in [-0.15, -0.1) is 0 Å². The number of nitrogen functional groups attached to an aromatic ring is 1.